The Hall–Kier alpha value is -1.05. The lowest BCUT2D eigenvalue weighted by atomic mass is 10.3. The molecule has 0 spiro atoms. The number of hydrazine groups is 1. The first kappa shape index (κ1) is 15.0. The van der Waals surface area contributed by atoms with E-state index in [1.807, 2.05) is 18.4 Å². The van der Waals surface area contributed by atoms with Gasteiger partial charge in [-0.05, 0) is 23.4 Å². The fourth-order valence-corrected chi connectivity index (χ4v) is 3.05. The van der Waals surface area contributed by atoms with Crippen LogP contribution in [0.1, 0.15) is 28.6 Å². The average Bonchev–Trinajstić information content (AvgIpc) is 2.83. The highest BCUT2D eigenvalue weighted by molar-refractivity contribution is 7.99. The molecule has 0 aliphatic carbocycles. The summed E-state index contributed by atoms with van der Waals surface area (Å²) in [5.74, 6) is 5.88. The summed E-state index contributed by atoms with van der Waals surface area (Å²) in [6.45, 7) is 2.72. The van der Waals surface area contributed by atoms with Gasteiger partial charge in [0.05, 0.1) is 10.6 Å². The molecule has 0 saturated carbocycles. The molecule has 0 aliphatic rings. The van der Waals surface area contributed by atoms with Crippen LogP contribution in [-0.4, -0.2) is 24.1 Å². The Morgan fingerprint density at radius 2 is 2.28 bits per heavy atom. The van der Waals surface area contributed by atoms with E-state index in [1.54, 1.807) is 0 Å². The zero-order valence-electron chi connectivity index (χ0n) is 10.2. The van der Waals surface area contributed by atoms with E-state index in [9.17, 15) is 9.59 Å². The van der Waals surface area contributed by atoms with Gasteiger partial charge in [-0.15, -0.1) is 23.1 Å². The first-order valence-corrected chi connectivity index (χ1v) is 7.64. The van der Waals surface area contributed by atoms with E-state index in [-0.39, 0.29) is 11.8 Å². The van der Waals surface area contributed by atoms with Gasteiger partial charge < -0.3 is 5.32 Å². The van der Waals surface area contributed by atoms with Crippen LogP contribution in [0.5, 0.6) is 0 Å². The Morgan fingerprint density at radius 1 is 1.50 bits per heavy atom. The summed E-state index contributed by atoms with van der Waals surface area (Å²) in [4.78, 5) is 23.4. The van der Waals surface area contributed by atoms with E-state index in [0.717, 1.165) is 12.0 Å². The molecule has 0 atom stereocenters. The molecule has 0 aromatic carbocycles. The number of nitrogens with two attached hydrogens (primary N) is 1. The summed E-state index contributed by atoms with van der Waals surface area (Å²) in [6.07, 6.45) is 0.932. The highest BCUT2D eigenvalue weighted by Crippen LogP contribution is 2.21. The van der Waals surface area contributed by atoms with E-state index in [0.29, 0.717) is 22.9 Å². The van der Waals surface area contributed by atoms with Crippen LogP contribution in [0.2, 0.25) is 0 Å². The van der Waals surface area contributed by atoms with Crippen molar-refractivity contribution in [2.24, 2.45) is 5.84 Å². The summed E-state index contributed by atoms with van der Waals surface area (Å²) in [7, 11) is 0. The van der Waals surface area contributed by atoms with Gasteiger partial charge in [-0.3, -0.25) is 15.0 Å². The van der Waals surface area contributed by atoms with Gasteiger partial charge in [-0.25, -0.2) is 5.84 Å². The fourth-order valence-electron chi connectivity index (χ4n) is 1.28. The summed E-state index contributed by atoms with van der Waals surface area (Å²) >= 11 is 2.83. The SMILES string of the molecule is CCCNC(=O)CSCc1ccsc1C(=O)NN. The van der Waals surface area contributed by atoms with Gasteiger partial charge in [0.15, 0.2) is 0 Å². The Bertz CT molecular complexity index is 407. The second-order valence-electron chi connectivity index (χ2n) is 3.59. The number of hydrogen-bond donors (Lipinski definition) is 3. The van der Waals surface area contributed by atoms with Crippen molar-refractivity contribution in [1.29, 1.82) is 0 Å². The van der Waals surface area contributed by atoms with Crippen LogP contribution < -0.4 is 16.6 Å². The smallest absolute Gasteiger partial charge is 0.275 e. The van der Waals surface area contributed by atoms with Crippen LogP contribution in [0.25, 0.3) is 0 Å². The van der Waals surface area contributed by atoms with E-state index < -0.39 is 0 Å². The molecule has 18 heavy (non-hydrogen) atoms. The van der Waals surface area contributed by atoms with Crippen LogP contribution in [0, 0.1) is 0 Å². The lowest BCUT2D eigenvalue weighted by Gasteiger charge is -2.04. The Labute approximate surface area is 114 Å². The molecule has 1 heterocycles. The average molecular weight is 287 g/mol. The van der Waals surface area contributed by atoms with Gasteiger partial charge in [0.25, 0.3) is 5.91 Å². The van der Waals surface area contributed by atoms with Crippen LogP contribution in [0.15, 0.2) is 11.4 Å². The standard InChI is InChI=1S/C11H17N3O2S2/c1-2-4-13-9(15)7-17-6-8-3-5-18-10(8)11(16)14-12/h3,5H,2,4,6-7,12H2,1H3,(H,13,15)(H,14,16). The number of thioether (sulfide) groups is 1. The zero-order chi connectivity index (χ0) is 13.4. The maximum atomic E-state index is 11.4. The van der Waals surface area contributed by atoms with Gasteiger partial charge >= 0.3 is 0 Å². The van der Waals surface area contributed by atoms with Crippen LogP contribution in [-0.2, 0) is 10.5 Å². The van der Waals surface area contributed by atoms with Crippen LogP contribution in [0.3, 0.4) is 0 Å². The number of amides is 2. The highest BCUT2D eigenvalue weighted by atomic mass is 32.2. The van der Waals surface area contributed by atoms with E-state index >= 15 is 0 Å². The largest absolute Gasteiger partial charge is 0.355 e. The maximum Gasteiger partial charge on any atom is 0.275 e. The second kappa shape index (κ2) is 8.12. The van der Waals surface area contributed by atoms with E-state index in [2.05, 4.69) is 10.7 Å². The molecule has 0 aliphatic heterocycles. The number of nitrogen functional groups attached to an aromatic ring is 1. The maximum absolute atomic E-state index is 11.4. The molecule has 4 N–H and O–H groups in total. The highest BCUT2D eigenvalue weighted by Gasteiger charge is 2.12. The number of rotatable bonds is 7. The van der Waals surface area contributed by atoms with Crippen molar-refractivity contribution >= 4 is 34.9 Å². The van der Waals surface area contributed by atoms with Gasteiger partial charge in [0, 0.05) is 12.3 Å². The molecule has 1 rings (SSSR count). The summed E-state index contributed by atoms with van der Waals surface area (Å²) < 4.78 is 0. The molecule has 100 valence electrons. The van der Waals surface area contributed by atoms with Gasteiger partial charge in [0.2, 0.25) is 5.91 Å². The monoisotopic (exact) mass is 287 g/mol. The van der Waals surface area contributed by atoms with Crippen LogP contribution >= 0.6 is 23.1 Å². The minimum absolute atomic E-state index is 0.0295. The van der Waals surface area contributed by atoms with Gasteiger partial charge in [0.1, 0.15) is 0 Å². The number of thiophene rings is 1. The van der Waals surface area contributed by atoms with Crippen molar-refractivity contribution in [2.75, 3.05) is 12.3 Å². The fraction of sp³-hybridized carbons (Fsp3) is 0.455. The van der Waals surface area contributed by atoms with Crippen molar-refractivity contribution in [2.45, 2.75) is 19.1 Å². The molecule has 1 aromatic rings. The number of carbonyl (C=O) groups is 2. The predicted molar refractivity (Wildman–Crippen MR) is 75.4 cm³/mol. The molecule has 1 aromatic heterocycles. The molecule has 0 saturated heterocycles. The van der Waals surface area contributed by atoms with Crippen molar-refractivity contribution in [3.8, 4) is 0 Å². The first-order valence-electron chi connectivity index (χ1n) is 5.60. The van der Waals surface area contributed by atoms with E-state index in [4.69, 9.17) is 5.84 Å². The molecule has 2 amide bonds. The molecular weight excluding hydrogens is 270 g/mol. The Kier molecular flexibility index (Phi) is 6.77. The molecule has 0 bridgehead atoms. The lowest BCUT2D eigenvalue weighted by Crippen LogP contribution is -2.30. The summed E-state index contributed by atoms with van der Waals surface area (Å²) in [5, 5.41) is 4.65. The summed E-state index contributed by atoms with van der Waals surface area (Å²) in [5.41, 5.74) is 3.03. The summed E-state index contributed by atoms with van der Waals surface area (Å²) in [6, 6.07) is 1.88. The number of hydrogen-bond acceptors (Lipinski definition) is 5. The molecular formula is C11H17N3O2S2. The lowest BCUT2D eigenvalue weighted by molar-refractivity contribution is -0.118. The Balaban J connectivity index is 2.37. The Morgan fingerprint density at radius 3 is 2.94 bits per heavy atom. The molecule has 5 nitrogen and oxygen atoms in total. The second-order valence-corrected chi connectivity index (χ2v) is 5.49. The molecule has 0 radical (unpaired) electrons. The minimum Gasteiger partial charge on any atom is -0.355 e. The zero-order valence-corrected chi connectivity index (χ0v) is 11.8. The predicted octanol–water partition coefficient (Wildman–Crippen LogP) is 1.11. The number of carbonyl (C=O) groups excluding carboxylic acids is 2. The van der Waals surface area contributed by atoms with Crippen molar-refractivity contribution in [3.63, 3.8) is 0 Å². The topological polar surface area (TPSA) is 84.2 Å². The minimum atomic E-state index is -0.281. The molecule has 7 heteroatoms. The third kappa shape index (κ3) is 4.67. The molecule has 0 fully saturated rings. The third-order valence-corrected chi connectivity index (χ3v) is 4.08. The first-order chi connectivity index (χ1) is 8.69. The van der Waals surface area contributed by atoms with Crippen molar-refractivity contribution in [3.05, 3.63) is 21.9 Å². The van der Waals surface area contributed by atoms with Crippen molar-refractivity contribution in [1.82, 2.24) is 10.7 Å². The van der Waals surface area contributed by atoms with Gasteiger partial charge in [-0.2, -0.15) is 0 Å². The van der Waals surface area contributed by atoms with E-state index in [1.165, 1.54) is 23.1 Å². The van der Waals surface area contributed by atoms with Crippen LogP contribution in [0.4, 0.5) is 0 Å². The normalized spacial score (nSPS) is 10.1. The van der Waals surface area contributed by atoms with Gasteiger partial charge in [-0.1, -0.05) is 6.92 Å². The third-order valence-electron chi connectivity index (χ3n) is 2.15. The quantitative estimate of drug-likeness (QED) is 0.398. The number of nitrogens with one attached hydrogen (secondary N) is 2. The van der Waals surface area contributed by atoms with Crippen molar-refractivity contribution < 1.29 is 9.59 Å². The molecule has 0 unspecified atom stereocenters.